The van der Waals surface area contributed by atoms with E-state index in [0.29, 0.717) is 17.1 Å². The van der Waals surface area contributed by atoms with Crippen LogP contribution in [0.1, 0.15) is 56.4 Å². The largest absolute Gasteiger partial charge is 0.421 e. The zero-order chi connectivity index (χ0) is 18.8. The molecule has 1 aliphatic rings. The first-order chi connectivity index (χ1) is 12.4. The van der Waals surface area contributed by atoms with Gasteiger partial charge in [-0.1, -0.05) is 31.0 Å². The van der Waals surface area contributed by atoms with Crippen LogP contribution < -0.4 is 4.74 Å². The van der Waals surface area contributed by atoms with Crippen molar-refractivity contribution in [1.29, 1.82) is 0 Å². The fraction of sp³-hybridized carbons (Fsp3) is 0.250. The van der Waals surface area contributed by atoms with E-state index in [0.717, 1.165) is 18.4 Å². The van der Waals surface area contributed by atoms with Crippen molar-refractivity contribution < 1.29 is 19.1 Å². The maximum atomic E-state index is 12.5. The number of amides is 2. The van der Waals surface area contributed by atoms with Crippen LogP contribution in [0.2, 0.25) is 5.02 Å². The summed E-state index contributed by atoms with van der Waals surface area (Å²) in [5.74, 6) is -1.07. The minimum Gasteiger partial charge on any atom is -0.421 e. The molecule has 0 atom stereocenters. The highest BCUT2D eigenvalue weighted by Gasteiger charge is 2.35. The maximum Gasteiger partial charge on any atom is 0.343 e. The number of esters is 1. The zero-order valence-electron chi connectivity index (χ0n) is 14.5. The fourth-order valence-corrected chi connectivity index (χ4v) is 2.94. The molecule has 2 aromatic carbocycles. The van der Waals surface area contributed by atoms with Gasteiger partial charge in [-0.3, -0.25) is 14.5 Å². The van der Waals surface area contributed by atoms with Crippen molar-refractivity contribution in [3.05, 3.63) is 63.7 Å². The molecule has 2 aromatic rings. The molecule has 0 radical (unpaired) electrons. The van der Waals surface area contributed by atoms with Crippen LogP contribution in [0.25, 0.3) is 0 Å². The molecule has 0 aliphatic carbocycles. The first-order valence-corrected chi connectivity index (χ1v) is 8.78. The number of fused-ring (bicyclic) bond motifs is 1. The van der Waals surface area contributed by atoms with E-state index in [4.69, 9.17) is 16.3 Å². The number of rotatable bonds is 5. The van der Waals surface area contributed by atoms with Gasteiger partial charge in [-0.05, 0) is 49.2 Å². The van der Waals surface area contributed by atoms with Crippen LogP contribution in [0, 0.1) is 6.92 Å². The maximum absolute atomic E-state index is 12.5. The van der Waals surface area contributed by atoms with E-state index in [2.05, 4.69) is 0 Å². The molecule has 134 valence electrons. The van der Waals surface area contributed by atoms with Crippen molar-refractivity contribution in [2.24, 2.45) is 0 Å². The molecule has 0 bridgehead atoms. The van der Waals surface area contributed by atoms with Crippen molar-refractivity contribution in [2.75, 3.05) is 6.54 Å². The lowest BCUT2D eigenvalue weighted by Crippen LogP contribution is -2.30. The highest BCUT2D eigenvalue weighted by atomic mass is 35.5. The van der Waals surface area contributed by atoms with Crippen LogP contribution in [-0.4, -0.2) is 29.2 Å². The Morgan fingerprint density at radius 3 is 2.54 bits per heavy atom. The van der Waals surface area contributed by atoms with E-state index in [-0.39, 0.29) is 28.7 Å². The minimum atomic E-state index is -0.632. The Morgan fingerprint density at radius 1 is 1.08 bits per heavy atom. The van der Waals surface area contributed by atoms with Crippen molar-refractivity contribution in [2.45, 2.75) is 26.7 Å². The lowest BCUT2D eigenvalue weighted by atomic mass is 10.1. The number of benzene rings is 2. The fourth-order valence-electron chi connectivity index (χ4n) is 2.78. The molecule has 5 nitrogen and oxygen atoms in total. The van der Waals surface area contributed by atoms with Gasteiger partial charge < -0.3 is 4.74 Å². The van der Waals surface area contributed by atoms with Gasteiger partial charge in [-0.25, -0.2) is 4.79 Å². The van der Waals surface area contributed by atoms with Crippen LogP contribution in [0.4, 0.5) is 0 Å². The number of carbonyl (C=O) groups is 3. The summed E-state index contributed by atoms with van der Waals surface area (Å²) >= 11 is 6.05. The first-order valence-electron chi connectivity index (χ1n) is 8.41. The van der Waals surface area contributed by atoms with Gasteiger partial charge in [0.2, 0.25) is 0 Å². The number of nitrogens with zero attached hydrogens (tertiary/aromatic N) is 1. The molecule has 0 saturated carbocycles. The SMILES string of the molecule is CCCCN1C(=O)c2ccc(C(=O)Oc3cc(C)ccc3Cl)cc2C1=O. The Kier molecular flexibility index (Phi) is 5.09. The van der Waals surface area contributed by atoms with Gasteiger partial charge in [-0.15, -0.1) is 0 Å². The lowest BCUT2D eigenvalue weighted by Gasteiger charge is -2.12. The number of carbonyl (C=O) groups excluding carboxylic acids is 3. The lowest BCUT2D eigenvalue weighted by molar-refractivity contribution is 0.0651. The topological polar surface area (TPSA) is 63.7 Å². The Hall–Kier alpha value is -2.66. The average molecular weight is 372 g/mol. The molecule has 0 aromatic heterocycles. The molecule has 3 rings (SSSR count). The summed E-state index contributed by atoms with van der Waals surface area (Å²) in [5.41, 5.74) is 1.64. The van der Waals surface area contributed by atoms with E-state index in [9.17, 15) is 14.4 Å². The summed E-state index contributed by atoms with van der Waals surface area (Å²) in [7, 11) is 0. The summed E-state index contributed by atoms with van der Waals surface area (Å²) in [6, 6.07) is 9.51. The van der Waals surface area contributed by atoms with Gasteiger partial charge in [0, 0.05) is 6.54 Å². The molecule has 1 aliphatic heterocycles. The van der Waals surface area contributed by atoms with E-state index in [1.165, 1.54) is 23.1 Å². The number of unbranched alkanes of at least 4 members (excludes halogenated alkanes) is 1. The summed E-state index contributed by atoms with van der Waals surface area (Å²) in [6.07, 6.45) is 1.62. The Balaban J connectivity index is 1.85. The van der Waals surface area contributed by atoms with Crippen molar-refractivity contribution >= 4 is 29.4 Å². The van der Waals surface area contributed by atoms with Crippen LogP contribution in [0.15, 0.2) is 36.4 Å². The first kappa shape index (κ1) is 18.1. The molecule has 0 fully saturated rings. The van der Waals surface area contributed by atoms with Gasteiger partial charge in [0.1, 0.15) is 5.75 Å². The third-order valence-corrected chi connectivity index (χ3v) is 4.54. The van der Waals surface area contributed by atoms with Crippen LogP contribution in [0.3, 0.4) is 0 Å². The number of hydrogen-bond acceptors (Lipinski definition) is 4. The highest BCUT2D eigenvalue weighted by molar-refractivity contribution is 6.32. The van der Waals surface area contributed by atoms with Gasteiger partial charge >= 0.3 is 5.97 Å². The number of imide groups is 1. The van der Waals surface area contributed by atoms with Gasteiger partial charge in [0.05, 0.1) is 21.7 Å². The van der Waals surface area contributed by atoms with Gasteiger partial charge in [0.25, 0.3) is 11.8 Å². The monoisotopic (exact) mass is 371 g/mol. The quantitative estimate of drug-likeness (QED) is 0.447. The average Bonchev–Trinajstić information content (AvgIpc) is 2.86. The van der Waals surface area contributed by atoms with Gasteiger partial charge in [-0.2, -0.15) is 0 Å². The van der Waals surface area contributed by atoms with E-state index in [1.54, 1.807) is 12.1 Å². The van der Waals surface area contributed by atoms with Crippen molar-refractivity contribution in [3.8, 4) is 5.75 Å². The van der Waals surface area contributed by atoms with Crippen LogP contribution >= 0.6 is 11.6 Å². The summed E-state index contributed by atoms with van der Waals surface area (Å²) in [6.45, 7) is 4.22. The molecule has 0 saturated heterocycles. The second-order valence-corrected chi connectivity index (χ2v) is 6.61. The number of halogens is 1. The number of ether oxygens (including phenoxy) is 1. The second-order valence-electron chi connectivity index (χ2n) is 6.20. The van der Waals surface area contributed by atoms with E-state index < -0.39 is 5.97 Å². The molecule has 0 unspecified atom stereocenters. The predicted octanol–water partition coefficient (Wildman–Crippen LogP) is 4.26. The third kappa shape index (κ3) is 3.35. The molecule has 1 heterocycles. The second kappa shape index (κ2) is 7.30. The summed E-state index contributed by atoms with van der Waals surface area (Å²) in [4.78, 5) is 38.5. The Labute approximate surface area is 156 Å². The normalized spacial score (nSPS) is 13.1. The van der Waals surface area contributed by atoms with Crippen molar-refractivity contribution in [1.82, 2.24) is 4.90 Å². The van der Waals surface area contributed by atoms with E-state index >= 15 is 0 Å². The predicted molar refractivity (Wildman–Crippen MR) is 97.9 cm³/mol. The Bertz CT molecular complexity index is 907. The molecule has 0 N–H and O–H groups in total. The van der Waals surface area contributed by atoms with E-state index in [1.807, 2.05) is 19.9 Å². The Morgan fingerprint density at radius 2 is 1.81 bits per heavy atom. The number of hydrogen-bond donors (Lipinski definition) is 0. The summed E-state index contributed by atoms with van der Waals surface area (Å²) in [5, 5.41) is 0.321. The van der Waals surface area contributed by atoms with Crippen LogP contribution in [-0.2, 0) is 0 Å². The van der Waals surface area contributed by atoms with Crippen molar-refractivity contribution in [3.63, 3.8) is 0 Å². The van der Waals surface area contributed by atoms with Gasteiger partial charge in [0.15, 0.2) is 0 Å². The molecule has 6 heteroatoms. The smallest absolute Gasteiger partial charge is 0.343 e. The molecule has 2 amide bonds. The number of aryl methyl sites for hydroxylation is 1. The standard InChI is InChI=1S/C20H18ClNO4/c1-3-4-9-22-18(23)14-7-6-13(11-15(14)19(22)24)20(25)26-17-10-12(2)5-8-16(17)21/h5-8,10-11H,3-4,9H2,1-2H3. The summed E-state index contributed by atoms with van der Waals surface area (Å²) < 4.78 is 5.34. The third-order valence-electron chi connectivity index (χ3n) is 4.23. The molecule has 0 spiro atoms. The van der Waals surface area contributed by atoms with Crippen LogP contribution in [0.5, 0.6) is 5.75 Å². The molecule has 26 heavy (non-hydrogen) atoms. The molecular weight excluding hydrogens is 354 g/mol. The highest BCUT2D eigenvalue weighted by Crippen LogP contribution is 2.28. The zero-order valence-corrected chi connectivity index (χ0v) is 15.3. The minimum absolute atomic E-state index is 0.194. The molecular formula is C20H18ClNO4.